The van der Waals surface area contributed by atoms with Gasteiger partial charge in [0.2, 0.25) is 0 Å². The van der Waals surface area contributed by atoms with Crippen molar-refractivity contribution in [3.63, 3.8) is 0 Å². The van der Waals surface area contributed by atoms with Crippen molar-refractivity contribution >= 4 is 51.8 Å². The highest BCUT2D eigenvalue weighted by molar-refractivity contribution is 7.12. The first-order valence-corrected chi connectivity index (χ1v) is 8.90. The van der Waals surface area contributed by atoms with Crippen molar-refractivity contribution in [3.8, 4) is 0 Å². The maximum absolute atomic E-state index is 12.5. The number of carbonyl (C=O) groups is 2. The average molecular weight is 402 g/mol. The van der Waals surface area contributed by atoms with Gasteiger partial charge in [-0.3, -0.25) is 19.7 Å². The minimum Gasteiger partial charge on any atom is -0.322 e. The van der Waals surface area contributed by atoms with Gasteiger partial charge in [-0.2, -0.15) is 0 Å². The van der Waals surface area contributed by atoms with Crippen LogP contribution in [0.15, 0.2) is 60.0 Å². The summed E-state index contributed by atoms with van der Waals surface area (Å²) in [5.74, 6) is -0.940. The van der Waals surface area contributed by atoms with E-state index in [9.17, 15) is 19.7 Å². The fourth-order valence-electron chi connectivity index (χ4n) is 2.32. The summed E-state index contributed by atoms with van der Waals surface area (Å²) in [7, 11) is 0. The largest absolute Gasteiger partial charge is 0.322 e. The monoisotopic (exact) mass is 401 g/mol. The minimum atomic E-state index is -0.675. The van der Waals surface area contributed by atoms with E-state index >= 15 is 0 Å². The molecule has 1 heterocycles. The van der Waals surface area contributed by atoms with Crippen molar-refractivity contribution in [1.82, 2.24) is 0 Å². The lowest BCUT2D eigenvalue weighted by Crippen LogP contribution is -2.15. The third-order valence-corrected chi connectivity index (χ3v) is 4.63. The molecule has 0 bridgehead atoms. The molecular formula is C18H12ClN3O4S. The van der Waals surface area contributed by atoms with Crippen molar-refractivity contribution in [2.24, 2.45) is 0 Å². The lowest BCUT2D eigenvalue weighted by Gasteiger charge is -2.09. The number of amides is 2. The molecule has 2 aromatic carbocycles. The molecule has 2 N–H and O–H groups in total. The SMILES string of the molecule is O=C(Nc1cccc(NC(=O)c2cc(Cl)ccc2[N+](=O)[O-])c1)c1cccs1. The summed E-state index contributed by atoms with van der Waals surface area (Å²) >= 11 is 7.16. The number of nitro benzene ring substituents is 1. The molecule has 0 spiro atoms. The molecule has 0 aliphatic heterocycles. The van der Waals surface area contributed by atoms with Gasteiger partial charge in [0.1, 0.15) is 5.56 Å². The van der Waals surface area contributed by atoms with Gasteiger partial charge in [-0.15, -0.1) is 11.3 Å². The summed E-state index contributed by atoms with van der Waals surface area (Å²) in [6, 6.07) is 13.7. The first kappa shape index (κ1) is 18.6. The van der Waals surface area contributed by atoms with Gasteiger partial charge in [0.05, 0.1) is 9.80 Å². The van der Waals surface area contributed by atoms with Crippen LogP contribution in [0.1, 0.15) is 20.0 Å². The summed E-state index contributed by atoms with van der Waals surface area (Å²) in [4.78, 5) is 35.6. The van der Waals surface area contributed by atoms with Crippen molar-refractivity contribution in [3.05, 3.63) is 85.6 Å². The van der Waals surface area contributed by atoms with Crippen LogP contribution >= 0.6 is 22.9 Å². The number of carbonyl (C=O) groups excluding carboxylic acids is 2. The zero-order chi connectivity index (χ0) is 19.4. The molecule has 0 saturated heterocycles. The van der Waals surface area contributed by atoms with Crippen molar-refractivity contribution in [2.45, 2.75) is 0 Å². The van der Waals surface area contributed by atoms with E-state index in [1.165, 1.54) is 29.5 Å². The number of hydrogen-bond acceptors (Lipinski definition) is 5. The molecule has 0 saturated carbocycles. The van der Waals surface area contributed by atoms with Crippen LogP contribution in [-0.4, -0.2) is 16.7 Å². The molecule has 27 heavy (non-hydrogen) atoms. The number of anilines is 2. The molecule has 3 rings (SSSR count). The van der Waals surface area contributed by atoms with Crippen LogP contribution in [0.25, 0.3) is 0 Å². The second-order valence-corrected chi connectivity index (χ2v) is 6.77. The molecule has 2 amide bonds. The van der Waals surface area contributed by atoms with Gasteiger partial charge in [0, 0.05) is 22.5 Å². The van der Waals surface area contributed by atoms with E-state index in [2.05, 4.69) is 10.6 Å². The van der Waals surface area contributed by atoms with Gasteiger partial charge in [0.15, 0.2) is 0 Å². The Bertz CT molecular complexity index is 1020. The van der Waals surface area contributed by atoms with E-state index < -0.39 is 10.8 Å². The number of nitro groups is 1. The number of thiophene rings is 1. The fourth-order valence-corrected chi connectivity index (χ4v) is 3.11. The van der Waals surface area contributed by atoms with Gasteiger partial charge in [-0.25, -0.2) is 0 Å². The Morgan fingerprint density at radius 3 is 2.30 bits per heavy atom. The Morgan fingerprint density at radius 1 is 0.963 bits per heavy atom. The molecule has 0 atom stereocenters. The normalized spacial score (nSPS) is 10.3. The average Bonchev–Trinajstić information content (AvgIpc) is 3.16. The number of nitrogens with zero attached hydrogens (tertiary/aromatic N) is 1. The molecule has 7 nitrogen and oxygen atoms in total. The first-order chi connectivity index (χ1) is 12.9. The molecule has 0 fully saturated rings. The molecular weight excluding hydrogens is 390 g/mol. The Hall–Kier alpha value is -3.23. The highest BCUT2D eigenvalue weighted by atomic mass is 35.5. The van der Waals surface area contributed by atoms with Crippen LogP contribution < -0.4 is 10.6 Å². The van der Waals surface area contributed by atoms with Gasteiger partial charge in [-0.1, -0.05) is 23.7 Å². The number of hydrogen-bond donors (Lipinski definition) is 2. The van der Waals surface area contributed by atoms with E-state index in [0.717, 1.165) is 0 Å². The van der Waals surface area contributed by atoms with Crippen molar-refractivity contribution in [2.75, 3.05) is 10.6 Å². The van der Waals surface area contributed by atoms with E-state index in [0.29, 0.717) is 16.3 Å². The summed E-state index contributed by atoms with van der Waals surface area (Å²) in [5, 5.41) is 18.4. The predicted octanol–water partition coefficient (Wildman–Crippen LogP) is 4.81. The second kappa shape index (κ2) is 7.98. The second-order valence-electron chi connectivity index (χ2n) is 5.38. The van der Waals surface area contributed by atoms with Crippen molar-refractivity contribution < 1.29 is 14.5 Å². The molecule has 0 unspecified atom stereocenters. The van der Waals surface area contributed by atoms with Crippen LogP contribution in [0.3, 0.4) is 0 Å². The van der Waals surface area contributed by atoms with Crippen LogP contribution in [0.2, 0.25) is 5.02 Å². The molecule has 1 aromatic heterocycles. The van der Waals surface area contributed by atoms with E-state index in [-0.39, 0.29) is 22.2 Å². The summed E-state index contributed by atoms with van der Waals surface area (Å²) in [6.07, 6.45) is 0. The molecule has 0 radical (unpaired) electrons. The van der Waals surface area contributed by atoms with Crippen LogP contribution in [0.5, 0.6) is 0 Å². The van der Waals surface area contributed by atoms with Gasteiger partial charge >= 0.3 is 0 Å². The molecule has 136 valence electrons. The molecule has 9 heteroatoms. The topological polar surface area (TPSA) is 101 Å². The maximum Gasteiger partial charge on any atom is 0.282 e. The minimum absolute atomic E-state index is 0.152. The maximum atomic E-state index is 12.5. The Balaban J connectivity index is 1.78. The lowest BCUT2D eigenvalue weighted by molar-refractivity contribution is -0.385. The van der Waals surface area contributed by atoms with Gasteiger partial charge in [-0.05, 0) is 41.8 Å². The predicted molar refractivity (Wildman–Crippen MR) is 105 cm³/mol. The molecule has 3 aromatic rings. The lowest BCUT2D eigenvalue weighted by atomic mass is 10.1. The standard InChI is InChI=1S/C18H12ClN3O4S/c19-11-6-7-15(22(25)26)14(9-11)17(23)20-12-3-1-4-13(10-12)21-18(24)16-5-2-8-27-16/h1-10H,(H,20,23)(H,21,24). The summed E-state index contributed by atoms with van der Waals surface area (Å²) in [5.41, 5.74) is 0.352. The summed E-state index contributed by atoms with van der Waals surface area (Å²) in [6.45, 7) is 0. The fraction of sp³-hybridized carbons (Fsp3) is 0. The third kappa shape index (κ3) is 4.49. The smallest absolute Gasteiger partial charge is 0.282 e. The van der Waals surface area contributed by atoms with Crippen LogP contribution in [0.4, 0.5) is 17.1 Å². The number of nitrogens with one attached hydrogen (secondary N) is 2. The number of halogens is 1. The Labute approximate surface area is 162 Å². The number of rotatable bonds is 5. The third-order valence-electron chi connectivity index (χ3n) is 3.52. The Kier molecular flexibility index (Phi) is 5.49. The van der Waals surface area contributed by atoms with Crippen LogP contribution in [0, 0.1) is 10.1 Å². The van der Waals surface area contributed by atoms with Gasteiger partial charge in [0.25, 0.3) is 17.5 Å². The van der Waals surface area contributed by atoms with E-state index in [1.807, 2.05) is 0 Å². The van der Waals surface area contributed by atoms with Crippen molar-refractivity contribution in [1.29, 1.82) is 0 Å². The quantitative estimate of drug-likeness (QED) is 0.473. The molecule has 0 aliphatic rings. The zero-order valence-corrected chi connectivity index (χ0v) is 15.2. The highest BCUT2D eigenvalue weighted by Gasteiger charge is 2.20. The van der Waals surface area contributed by atoms with Gasteiger partial charge < -0.3 is 10.6 Å². The van der Waals surface area contributed by atoms with Crippen LogP contribution in [-0.2, 0) is 0 Å². The van der Waals surface area contributed by atoms with E-state index in [1.54, 1.807) is 41.8 Å². The van der Waals surface area contributed by atoms with E-state index in [4.69, 9.17) is 11.6 Å². The summed E-state index contributed by atoms with van der Waals surface area (Å²) < 4.78 is 0. The highest BCUT2D eigenvalue weighted by Crippen LogP contribution is 2.24. The zero-order valence-electron chi connectivity index (χ0n) is 13.6. The molecule has 0 aliphatic carbocycles. The Morgan fingerprint density at radius 2 is 1.67 bits per heavy atom. The number of benzene rings is 2. The first-order valence-electron chi connectivity index (χ1n) is 7.64.